The fourth-order valence-corrected chi connectivity index (χ4v) is 4.90. The molecule has 0 unspecified atom stereocenters. The number of primary sulfonamides is 1. The third-order valence-corrected chi connectivity index (χ3v) is 7.46. The number of nitrogens with one attached hydrogen (secondary N) is 1. The topological polar surface area (TPSA) is 102 Å². The number of benzene rings is 2. The Morgan fingerprint density at radius 2 is 1.44 bits per heavy atom. The molecule has 0 fully saturated rings. The van der Waals surface area contributed by atoms with Gasteiger partial charge < -0.3 is 9.73 Å². The Hall–Kier alpha value is -2.32. The van der Waals surface area contributed by atoms with Crippen LogP contribution in [0.15, 0.2) is 33.6 Å². The number of carbonyl (C=O) groups excluding carboxylic acids is 1. The summed E-state index contributed by atoms with van der Waals surface area (Å²) in [6.45, 7) is 10.5. The van der Waals surface area contributed by atoms with Crippen LogP contribution in [-0.2, 0) is 16.4 Å². The average Bonchev–Trinajstić information content (AvgIpc) is 3.19. The molecule has 1 heterocycles. The number of halogens is 2. The first-order chi connectivity index (χ1) is 14.8. The number of hydrogen-bond acceptors (Lipinski definition) is 4. The van der Waals surface area contributed by atoms with Crippen LogP contribution < -0.4 is 10.5 Å². The van der Waals surface area contributed by atoms with Gasteiger partial charge in [-0.1, -0.05) is 23.2 Å². The van der Waals surface area contributed by atoms with Crippen molar-refractivity contribution in [1.29, 1.82) is 0 Å². The van der Waals surface area contributed by atoms with Gasteiger partial charge in [-0.3, -0.25) is 4.79 Å². The maximum Gasteiger partial charge on any atom is 0.291 e. The van der Waals surface area contributed by atoms with E-state index >= 15 is 0 Å². The number of sulfonamides is 1. The lowest BCUT2D eigenvalue weighted by molar-refractivity contribution is 0.0995. The second-order valence-electron chi connectivity index (χ2n) is 7.81. The van der Waals surface area contributed by atoms with Gasteiger partial charge in [-0.05, 0) is 92.3 Å². The normalized spacial score (nSPS) is 11.6. The highest BCUT2D eigenvalue weighted by Gasteiger charge is 2.20. The van der Waals surface area contributed by atoms with E-state index in [9.17, 15) is 13.2 Å². The number of carbonyl (C=O) groups is 1. The molecule has 170 valence electrons. The molecule has 0 saturated heterocycles. The fraction of sp³-hybridized carbons (Fsp3) is 0.261. The summed E-state index contributed by atoms with van der Waals surface area (Å²) >= 11 is 12.2. The summed E-state index contributed by atoms with van der Waals surface area (Å²) in [6.07, 6.45) is 0.553. The van der Waals surface area contributed by atoms with Crippen molar-refractivity contribution >= 4 is 44.8 Å². The molecular weight excluding hydrogens is 471 g/mol. The van der Waals surface area contributed by atoms with Gasteiger partial charge in [0, 0.05) is 6.42 Å². The van der Waals surface area contributed by atoms with Crippen molar-refractivity contribution in [3.05, 3.63) is 79.2 Å². The second-order valence-corrected chi connectivity index (χ2v) is 10.2. The monoisotopic (exact) mass is 494 g/mol. The van der Waals surface area contributed by atoms with Crippen LogP contribution in [0.25, 0.3) is 0 Å². The molecule has 3 N–H and O–H groups in total. The highest BCUT2D eigenvalue weighted by atomic mass is 35.5. The summed E-state index contributed by atoms with van der Waals surface area (Å²) in [7, 11) is -3.99. The third kappa shape index (κ3) is 4.71. The van der Waals surface area contributed by atoms with Gasteiger partial charge in [0.05, 0.1) is 20.6 Å². The first-order valence-corrected chi connectivity index (χ1v) is 12.1. The number of rotatable bonds is 5. The van der Waals surface area contributed by atoms with E-state index in [0.717, 1.165) is 12.1 Å². The molecule has 1 aromatic heterocycles. The van der Waals surface area contributed by atoms with Crippen molar-refractivity contribution in [2.45, 2.75) is 45.9 Å². The van der Waals surface area contributed by atoms with Crippen molar-refractivity contribution in [2.24, 2.45) is 5.14 Å². The quantitative estimate of drug-likeness (QED) is 0.480. The van der Waals surface area contributed by atoms with E-state index in [2.05, 4.69) is 39.9 Å². The molecule has 0 atom stereocenters. The lowest BCUT2D eigenvalue weighted by Crippen LogP contribution is -2.14. The van der Waals surface area contributed by atoms with Gasteiger partial charge >= 0.3 is 0 Å². The van der Waals surface area contributed by atoms with E-state index in [4.69, 9.17) is 32.8 Å². The van der Waals surface area contributed by atoms with Gasteiger partial charge in [-0.25, -0.2) is 13.6 Å². The van der Waals surface area contributed by atoms with Gasteiger partial charge in [-0.15, -0.1) is 0 Å². The molecule has 0 aliphatic carbocycles. The van der Waals surface area contributed by atoms with Gasteiger partial charge in [0.1, 0.15) is 5.76 Å². The maximum absolute atomic E-state index is 12.7. The van der Waals surface area contributed by atoms with Crippen molar-refractivity contribution in [3.63, 3.8) is 0 Å². The van der Waals surface area contributed by atoms with Crippen LogP contribution in [0.5, 0.6) is 0 Å². The van der Waals surface area contributed by atoms with Crippen LogP contribution in [-0.4, -0.2) is 14.3 Å². The van der Waals surface area contributed by atoms with E-state index in [1.807, 2.05) is 0 Å². The van der Waals surface area contributed by atoms with Crippen molar-refractivity contribution in [1.82, 2.24) is 0 Å². The number of amides is 1. The summed E-state index contributed by atoms with van der Waals surface area (Å²) in [5.74, 6) is 0.164. The Balaban J connectivity index is 1.85. The van der Waals surface area contributed by atoms with Gasteiger partial charge in [0.2, 0.25) is 10.0 Å². The third-order valence-electron chi connectivity index (χ3n) is 5.97. The standard InChI is InChI=1S/C23H24Cl2N2O4S/c1-11-12(2)14(4)18(15(5)13(11)3)8-16-6-7-21(31-16)23(28)27-22-19(24)9-17(10-20(22)25)32(26,29)30/h6-7,9-10H,8H2,1-5H3,(H,27,28)(H2,26,29,30). The minimum absolute atomic E-state index is 0.0569. The average molecular weight is 495 g/mol. The first kappa shape index (κ1) is 24.3. The van der Waals surface area contributed by atoms with Crippen molar-refractivity contribution in [3.8, 4) is 0 Å². The smallest absolute Gasteiger partial charge is 0.291 e. The largest absolute Gasteiger partial charge is 0.456 e. The molecule has 0 spiro atoms. The van der Waals surface area contributed by atoms with Crippen LogP contribution >= 0.6 is 23.2 Å². The Kier molecular flexibility index (Phi) is 6.77. The first-order valence-electron chi connectivity index (χ1n) is 9.79. The molecule has 6 nitrogen and oxygen atoms in total. The molecule has 3 aromatic rings. The van der Waals surface area contributed by atoms with Crippen molar-refractivity contribution in [2.75, 3.05) is 5.32 Å². The fourth-order valence-electron chi connectivity index (χ4n) is 3.62. The van der Waals surface area contributed by atoms with E-state index < -0.39 is 15.9 Å². The zero-order valence-corrected chi connectivity index (χ0v) is 20.7. The molecular formula is C23H24Cl2N2O4S. The molecule has 2 aromatic carbocycles. The predicted molar refractivity (Wildman–Crippen MR) is 127 cm³/mol. The molecule has 0 bridgehead atoms. The molecule has 3 rings (SSSR count). The Labute approximate surface area is 197 Å². The highest BCUT2D eigenvalue weighted by molar-refractivity contribution is 7.89. The molecule has 1 amide bonds. The summed E-state index contributed by atoms with van der Waals surface area (Å²) < 4.78 is 28.8. The molecule has 0 radical (unpaired) electrons. The lowest BCUT2D eigenvalue weighted by atomic mass is 9.88. The van der Waals surface area contributed by atoms with Crippen LogP contribution in [0.1, 0.15) is 49.7 Å². The van der Waals surface area contributed by atoms with Gasteiger partial charge in [0.15, 0.2) is 5.76 Å². The van der Waals surface area contributed by atoms with E-state index in [1.165, 1.54) is 33.4 Å². The van der Waals surface area contributed by atoms with Crippen LogP contribution in [0.4, 0.5) is 5.69 Å². The maximum atomic E-state index is 12.7. The minimum atomic E-state index is -3.99. The Bertz CT molecular complexity index is 1290. The van der Waals surface area contributed by atoms with E-state index in [1.54, 1.807) is 12.1 Å². The second kappa shape index (κ2) is 8.90. The lowest BCUT2D eigenvalue weighted by Gasteiger charge is -2.18. The zero-order valence-electron chi connectivity index (χ0n) is 18.4. The van der Waals surface area contributed by atoms with Crippen LogP contribution in [0.3, 0.4) is 0 Å². The summed E-state index contributed by atoms with van der Waals surface area (Å²) in [6, 6.07) is 5.58. The highest BCUT2D eigenvalue weighted by Crippen LogP contribution is 2.34. The minimum Gasteiger partial charge on any atom is -0.456 e. The number of nitrogens with two attached hydrogens (primary N) is 1. The predicted octanol–water partition coefficient (Wildman–Crippen LogP) is 5.62. The molecule has 0 aliphatic heterocycles. The van der Waals surface area contributed by atoms with Crippen molar-refractivity contribution < 1.29 is 17.6 Å². The van der Waals surface area contributed by atoms with Crippen LogP contribution in [0.2, 0.25) is 10.0 Å². The Morgan fingerprint density at radius 1 is 0.938 bits per heavy atom. The van der Waals surface area contributed by atoms with Crippen LogP contribution in [0, 0.1) is 34.6 Å². The molecule has 9 heteroatoms. The summed E-state index contributed by atoms with van der Waals surface area (Å²) in [5.41, 5.74) is 7.45. The van der Waals surface area contributed by atoms with E-state index in [-0.39, 0.29) is 26.4 Å². The number of furan rings is 1. The molecule has 0 aliphatic rings. The SMILES string of the molecule is Cc1c(C)c(C)c(Cc2ccc(C(=O)Nc3c(Cl)cc(S(N)(=O)=O)cc3Cl)o2)c(C)c1C. The Morgan fingerprint density at radius 3 is 1.94 bits per heavy atom. The summed E-state index contributed by atoms with van der Waals surface area (Å²) in [5, 5.41) is 7.56. The molecule has 32 heavy (non-hydrogen) atoms. The van der Waals surface area contributed by atoms with Gasteiger partial charge in [0.25, 0.3) is 5.91 Å². The summed E-state index contributed by atoms with van der Waals surface area (Å²) in [4.78, 5) is 12.4. The zero-order chi connectivity index (χ0) is 24.0. The number of anilines is 1. The number of hydrogen-bond donors (Lipinski definition) is 2. The van der Waals surface area contributed by atoms with Gasteiger partial charge in [-0.2, -0.15) is 0 Å². The van der Waals surface area contributed by atoms with E-state index in [0.29, 0.717) is 12.2 Å². The molecule has 0 saturated carbocycles.